The summed E-state index contributed by atoms with van der Waals surface area (Å²) in [4.78, 5) is 11.7. The smallest absolute Gasteiger partial charge is 0.338 e. The number of carbonyl (C=O) groups is 1. The van der Waals surface area contributed by atoms with E-state index in [1.165, 1.54) is 0 Å². The Morgan fingerprint density at radius 2 is 2.05 bits per heavy atom. The quantitative estimate of drug-likeness (QED) is 0.474. The summed E-state index contributed by atoms with van der Waals surface area (Å²) in [6.45, 7) is 2.64. The van der Waals surface area contributed by atoms with E-state index in [0.29, 0.717) is 18.8 Å². The van der Waals surface area contributed by atoms with Crippen LogP contribution in [0, 0.1) is 3.57 Å². The Morgan fingerprint density at radius 3 is 2.71 bits per heavy atom. The molecule has 0 amide bonds. The van der Waals surface area contributed by atoms with Crippen molar-refractivity contribution in [2.24, 2.45) is 0 Å². The summed E-state index contributed by atoms with van der Waals surface area (Å²) in [6, 6.07) is 13.3. The van der Waals surface area contributed by atoms with Crippen LogP contribution in [0.1, 0.15) is 22.8 Å². The molecule has 0 aliphatic heterocycles. The average Bonchev–Trinajstić information content (AvgIpc) is 2.46. The molecule has 0 heterocycles. The van der Waals surface area contributed by atoms with Gasteiger partial charge in [0.25, 0.3) is 0 Å². The molecule has 0 unspecified atom stereocenters. The number of ether oxygens (including phenoxy) is 2. The molecule has 2 aromatic carbocycles. The van der Waals surface area contributed by atoms with Crippen LogP contribution >= 0.6 is 38.5 Å². The third-order valence-electron chi connectivity index (χ3n) is 2.73. The molecular formula is C16H14BrIO3. The molecule has 0 N–H and O–H groups in total. The summed E-state index contributed by atoms with van der Waals surface area (Å²) < 4.78 is 12.7. The molecule has 0 atom stereocenters. The number of benzene rings is 2. The van der Waals surface area contributed by atoms with Crippen LogP contribution in [-0.2, 0) is 11.3 Å². The first-order valence-electron chi connectivity index (χ1n) is 6.44. The maximum atomic E-state index is 11.7. The predicted molar refractivity (Wildman–Crippen MR) is 93.6 cm³/mol. The van der Waals surface area contributed by atoms with Crippen molar-refractivity contribution >= 4 is 44.5 Å². The molecule has 0 saturated carbocycles. The fourth-order valence-electron chi connectivity index (χ4n) is 1.75. The first-order chi connectivity index (χ1) is 10.1. The van der Waals surface area contributed by atoms with Crippen LogP contribution in [0.3, 0.4) is 0 Å². The van der Waals surface area contributed by atoms with Crippen LogP contribution < -0.4 is 4.74 Å². The van der Waals surface area contributed by atoms with Gasteiger partial charge in [0, 0.05) is 4.47 Å². The molecule has 0 aromatic heterocycles. The van der Waals surface area contributed by atoms with Gasteiger partial charge < -0.3 is 9.47 Å². The Kier molecular flexibility index (Phi) is 6.05. The number of esters is 1. The molecule has 2 rings (SSSR count). The van der Waals surface area contributed by atoms with Crippen molar-refractivity contribution in [1.82, 2.24) is 0 Å². The first kappa shape index (κ1) is 16.3. The van der Waals surface area contributed by atoms with Crippen molar-refractivity contribution in [2.45, 2.75) is 13.5 Å². The Morgan fingerprint density at radius 1 is 1.24 bits per heavy atom. The van der Waals surface area contributed by atoms with Crippen molar-refractivity contribution in [3.8, 4) is 5.75 Å². The molecule has 0 radical (unpaired) electrons. The van der Waals surface area contributed by atoms with Gasteiger partial charge in [0.2, 0.25) is 0 Å². The molecule has 0 fully saturated rings. The van der Waals surface area contributed by atoms with E-state index in [-0.39, 0.29) is 5.97 Å². The highest BCUT2D eigenvalue weighted by Crippen LogP contribution is 2.24. The van der Waals surface area contributed by atoms with Gasteiger partial charge in [-0.2, -0.15) is 0 Å². The van der Waals surface area contributed by atoms with Crippen LogP contribution in [0.15, 0.2) is 46.9 Å². The highest BCUT2D eigenvalue weighted by molar-refractivity contribution is 14.1. The summed E-state index contributed by atoms with van der Waals surface area (Å²) >= 11 is 5.59. The predicted octanol–water partition coefficient (Wildman–Crippen LogP) is 4.81. The van der Waals surface area contributed by atoms with E-state index in [1.54, 1.807) is 25.1 Å². The lowest BCUT2D eigenvalue weighted by molar-refractivity contribution is 0.0526. The maximum Gasteiger partial charge on any atom is 0.338 e. The van der Waals surface area contributed by atoms with Crippen molar-refractivity contribution in [3.63, 3.8) is 0 Å². The third kappa shape index (κ3) is 4.71. The van der Waals surface area contributed by atoms with Crippen LogP contribution in [0.4, 0.5) is 0 Å². The first-order valence-corrected chi connectivity index (χ1v) is 8.31. The molecule has 0 aliphatic carbocycles. The Bertz CT molecular complexity index is 643. The van der Waals surface area contributed by atoms with Crippen LogP contribution in [0.25, 0.3) is 0 Å². The van der Waals surface area contributed by atoms with E-state index in [2.05, 4.69) is 38.5 Å². The molecule has 0 aliphatic rings. The zero-order chi connectivity index (χ0) is 15.2. The van der Waals surface area contributed by atoms with Gasteiger partial charge in [-0.15, -0.1) is 0 Å². The van der Waals surface area contributed by atoms with Crippen LogP contribution in [0.5, 0.6) is 5.75 Å². The second-order valence-corrected chi connectivity index (χ2v) is 6.36. The van der Waals surface area contributed by atoms with Crippen molar-refractivity contribution in [3.05, 3.63) is 61.6 Å². The van der Waals surface area contributed by atoms with E-state index in [0.717, 1.165) is 19.4 Å². The Balaban J connectivity index is 2.06. The standard InChI is InChI=1S/C16H14BrIO3/c1-2-20-16(19)12-6-7-15(14(18)9-12)21-10-11-4-3-5-13(17)8-11/h3-9H,2,10H2,1H3. The van der Waals surface area contributed by atoms with Gasteiger partial charge in [-0.1, -0.05) is 28.1 Å². The summed E-state index contributed by atoms with van der Waals surface area (Å²) in [5.41, 5.74) is 1.62. The second-order valence-electron chi connectivity index (χ2n) is 4.28. The van der Waals surface area contributed by atoms with Gasteiger partial charge in [-0.25, -0.2) is 4.79 Å². The van der Waals surface area contributed by atoms with Crippen molar-refractivity contribution < 1.29 is 14.3 Å². The van der Waals surface area contributed by atoms with Gasteiger partial charge in [0.1, 0.15) is 12.4 Å². The lowest BCUT2D eigenvalue weighted by atomic mass is 10.2. The number of hydrogen-bond acceptors (Lipinski definition) is 3. The fourth-order valence-corrected chi connectivity index (χ4v) is 2.86. The lowest BCUT2D eigenvalue weighted by Gasteiger charge is -2.10. The number of rotatable bonds is 5. The topological polar surface area (TPSA) is 35.5 Å². The van der Waals surface area contributed by atoms with Crippen LogP contribution in [-0.4, -0.2) is 12.6 Å². The largest absolute Gasteiger partial charge is 0.488 e. The maximum absolute atomic E-state index is 11.7. The summed E-state index contributed by atoms with van der Waals surface area (Å²) in [6.07, 6.45) is 0. The van der Waals surface area contributed by atoms with E-state index in [4.69, 9.17) is 9.47 Å². The van der Waals surface area contributed by atoms with Crippen molar-refractivity contribution in [1.29, 1.82) is 0 Å². The highest BCUT2D eigenvalue weighted by atomic mass is 127. The fraction of sp³-hybridized carbons (Fsp3) is 0.188. The average molecular weight is 461 g/mol. The van der Waals surface area contributed by atoms with Gasteiger partial charge in [-0.05, 0) is 65.4 Å². The third-order valence-corrected chi connectivity index (χ3v) is 4.06. The molecule has 0 saturated heterocycles. The number of hydrogen-bond donors (Lipinski definition) is 0. The molecule has 110 valence electrons. The minimum atomic E-state index is -0.311. The zero-order valence-corrected chi connectivity index (χ0v) is 15.2. The monoisotopic (exact) mass is 460 g/mol. The normalized spacial score (nSPS) is 10.2. The zero-order valence-electron chi connectivity index (χ0n) is 11.4. The Hall–Kier alpha value is -1.08. The molecule has 0 bridgehead atoms. The SMILES string of the molecule is CCOC(=O)c1ccc(OCc2cccc(Br)c2)c(I)c1. The summed E-state index contributed by atoms with van der Waals surface area (Å²) in [5.74, 6) is 0.442. The van der Waals surface area contributed by atoms with Crippen LogP contribution in [0.2, 0.25) is 0 Å². The second kappa shape index (κ2) is 7.79. The van der Waals surface area contributed by atoms with E-state index >= 15 is 0 Å². The Labute approximate surface area is 145 Å². The summed E-state index contributed by atoms with van der Waals surface area (Å²) in [7, 11) is 0. The minimum Gasteiger partial charge on any atom is -0.488 e. The molecule has 0 spiro atoms. The summed E-state index contributed by atoms with van der Waals surface area (Å²) in [5, 5.41) is 0. The molecule has 5 heteroatoms. The van der Waals surface area contributed by atoms with Gasteiger partial charge in [0.15, 0.2) is 0 Å². The number of halogens is 2. The van der Waals surface area contributed by atoms with Gasteiger partial charge in [0.05, 0.1) is 15.7 Å². The molecule has 21 heavy (non-hydrogen) atoms. The van der Waals surface area contributed by atoms with E-state index in [9.17, 15) is 4.79 Å². The highest BCUT2D eigenvalue weighted by Gasteiger charge is 2.10. The molecule has 3 nitrogen and oxygen atoms in total. The van der Waals surface area contributed by atoms with E-state index < -0.39 is 0 Å². The lowest BCUT2D eigenvalue weighted by Crippen LogP contribution is -2.05. The molecular weight excluding hydrogens is 447 g/mol. The number of carbonyl (C=O) groups excluding carboxylic acids is 1. The van der Waals surface area contributed by atoms with Crippen molar-refractivity contribution in [2.75, 3.05) is 6.61 Å². The van der Waals surface area contributed by atoms with E-state index in [1.807, 2.05) is 24.3 Å². The minimum absolute atomic E-state index is 0.311. The molecule has 2 aromatic rings. The van der Waals surface area contributed by atoms with Gasteiger partial charge in [-0.3, -0.25) is 0 Å². The van der Waals surface area contributed by atoms with Gasteiger partial charge >= 0.3 is 5.97 Å².